The summed E-state index contributed by atoms with van der Waals surface area (Å²) < 4.78 is 0. The van der Waals surface area contributed by atoms with Crippen LogP contribution in [-0.4, -0.2) is 16.5 Å². The number of nitrogens with zero attached hydrogens (tertiary/aromatic N) is 2. The van der Waals surface area contributed by atoms with Crippen LogP contribution in [0, 0.1) is 0 Å². The Morgan fingerprint density at radius 1 is 1.29 bits per heavy atom. The predicted molar refractivity (Wildman–Crippen MR) is 71.1 cm³/mol. The number of anilines is 1. The van der Waals surface area contributed by atoms with E-state index in [0.29, 0.717) is 0 Å². The lowest BCUT2D eigenvalue weighted by atomic mass is 9.97. The molecular weight excluding hydrogens is 210 g/mol. The van der Waals surface area contributed by atoms with Crippen molar-refractivity contribution < 1.29 is 0 Å². The van der Waals surface area contributed by atoms with Gasteiger partial charge in [-0.3, -0.25) is 0 Å². The van der Waals surface area contributed by atoms with Gasteiger partial charge in [0.1, 0.15) is 12.1 Å². The third kappa shape index (κ3) is 3.84. The van der Waals surface area contributed by atoms with E-state index < -0.39 is 0 Å². The van der Waals surface area contributed by atoms with E-state index in [-0.39, 0.29) is 0 Å². The number of aromatic nitrogens is 2. The predicted octanol–water partition coefficient (Wildman–Crippen LogP) is 3.34. The summed E-state index contributed by atoms with van der Waals surface area (Å²) in [5.74, 6) is 0.952. The average Bonchev–Trinajstić information content (AvgIpc) is 2.40. The van der Waals surface area contributed by atoms with E-state index in [9.17, 15) is 0 Å². The van der Waals surface area contributed by atoms with Crippen molar-refractivity contribution >= 4 is 5.82 Å². The third-order valence-corrected chi connectivity index (χ3v) is 3.22. The summed E-state index contributed by atoms with van der Waals surface area (Å²) in [5.41, 5.74) is 2.70. The molecule has 0 fully saturated rings. The Labute approximate surface area is 103 Å². The lowest BCUT2D eigenvalue weighted by Crippen LogP contribution is -2.06. The summed E-state index contributed by atoms with van der Waals surface area (Å²) in [6, 6.07) is 2.04. The van der Waals surface area contributed by atoms with Crippen LogP contribution in [0.25, 0.3) is 0 Å². The van der Waals surface area contributed by atoms with Gasteiger partial charge in [-0.25, -0.2) is 9.97 Å². The van der Waals surface area contributed by atoms with Gasteiger partial charge in [0, 0.05) is 18.3 Å². The lowest BCUT2D eigenvalue weighted by Gasteiger charge is -2.13. The maximum Gasteiger partial charge on any atom is 0.129 e. The normalized spacial score (nSPS) is 15.5. The second-order valence-corrected chi connectivity index (χ2v) is 4.53. The molecule has 0 saturated carbocycles. The van der Waals surface area contributed by atoms with Gasteiger partial charge in [0.05, 0.1) is 0 Å². The molecule has 3 nitrogen and oxygen atoms in total. The molecule has 1 aliphatic rings. The number of hydrogen-bond donors (Lipinski definition) is 1. The summed E-state index contributed by atoms with van der Waals surface area (Å²) in [7, 11) is 0. The zero-order chi connectivity index (χ0) is 11.9. The van der Waals surface area contributed by atoms with E-state index in [1.54, 1.807) is 11.9 Å². The minimum absolute atomic E-state index is 0.952. The molecule has 0 aromatic carbocycles. The molecule has 92 valence electrons. The van der Waals surface area contributed by atoms with Gasteiger partial charge in [-0.15, -0.1) is 0 Å². The van der Waals surface area contributed by atoms with E-state index >= 15 is 0 Å². The molecule has 17 heavy (non-hydrogen) atoms. The zero-order valence-corrected chi connectivity index (χ0v) is 10.6. The van der Waals surface area contributed by atoms with Gasteiger partial charge < -0.3 is 5.32 Å². The van der Waals surface area contributed by atoms with Crippen LogP contribution in [0.1, 0.15) is 44.7 Å². The topological polar surface area (TPSA) is 37.8 Å². The SMILES string of the molecule is CCc1cc(NCCC2=CCCCC2)ncn1. The van der Waals surface area contributed by atoms with Crippen LogP contribution < -0.4 is 5.32 Å². The Bertz CT molecular complexity index is 385. The van der Waals surface area contributed by atoms with Gasteiger partial charge in [0.2, 0.25) is 0 Å². The summed E-state index contributed by atoms with van der Waals surface area (Å²) in [6.07, 6.45) is 11.4. The van der Waals surface area contributed by atoms with Crippen molar-refractivity contribution in [1.82, 2.24) is 9.97 Å². The van der Waals surface area contributed by atoms with Gasteiger partial charge in [-0.2, -0.15) is 0 Å². The van der Waals surface area contributed by atoms with Gasteiger partial charge in [0.15, 0.2) is 0 Å². The fourth-order valence-corrected chi connectivity index (χ4v) is 2.17. The third-order valence-electron chi connectivity index (χ3n) is 3.22. The maximum atomic E-state index is 4.23. The number of hydrogen-bond acceptors (Lipinski definition) is 3. The van der Waals surface area contributed by atoms with Crippen molar-refractivity contribution in [2.75, 3.05) is 11.9 Å². The fourth-order valence-electron chi connectivity index (χ4n) is 2.17. The molecule has 0 unspecified atom stereocenters. The zero-order valence-electron chi connectivity index (χ0n) is 10.6. The number of nitrogens with one attached hydrogen (secondary N) is 1. The van der Waals surface area contributed by atoms with Gasteiger partial charge >= 0.3 is 0 Å². The highest BCUT2D eigenvalue weighted by atomic mass is 15.0. The van der Waals surface area contributed by atoms with Crippen LogP contribution >= 0.6 is 0 Å². The molecule has 1 heterocycles. The highest BCUT2D eigenvalue weighted by Crippen LogP contribution is 2.19. The maximum absolute atomic E-state index is 4.23. The molecule has 2 rings (SSSR count). The Morgan fingerprint density at radius 3 is 3.00 bits per heavy atom. The van der Waals surface area contributed by atoms with E-state index in [0.717, 1.165) is 30.9 Å². The summed E-state index contributed by atoms with van der Waals surface area (Å²) in [5, 5.41) is 3.37. The largest absolute Gasteiger partial charge is 0.370 e. The Balaban J connectivity index is 1.79. The second kappa shape index (κ2) is 6.38. The highest BCUT2D eigenvalue weighted by Gasteiger charge is 2.03. The Morgan fingerprint density at radius 2 is 2.24 bits per heavy atom. The first-order chi connectivity index (χ1) is 8.38. The molecule has 1 aliphatic carbocycles. The van der Waals surface area contributed by atoms with Crippen LogP contribution in [-0.2, 0) is 6.42 Å². The molecule has 0 spiro atoms. The number of allylic oxidation sites excluding steroid dienone is 1. The van der Waals surface area contributed by atoms with E-state index in [1.807, 2.05) is 6.07 Å². The quantitative estimate of drug-likeness (QED) is 0.790. The molecule has 0 radical (unpaired) electrons. The molecule has 1 aromatic heterocycles. The number of rotatable bonds is 5. The molecule has 0 atom stereocenters. The fraction of sp³-hybridized carbons (Fsp3) is 0.571. The van der Waals surface area contributed by atoms with Gasteiger partial charge in [-0.1, -0.05) is 18.6 Å². The summed E-state index contributed by atoms with van der Waals surface area (Å²) >= 11 is 0. The Hall–Kier alpha value is -1.38. The van der Waals surface area contributed by atoms with Crippen molar-refractivity contribution in [1.29, 1.82) is 0 Å². The molecule has 0 aliphatic heterocycles. The monoisotopic (exact) mass is 231 g/mol. The van der Waals surface area contributed by atoms with Crippen molar-refractivity contribution in [2.24, 2.45) is 0 Å². The van der Waals surface area contributed by atoms with Crippen molar-refractivity contribution in [3.63, 3.8) is 0 Å². The number of aryl methyl sites for hydroxylation is 1. The van der Waals surface area contributed by atoms with E-state index in [2.05, 4.69) is 28.3 Å². The molecule has 1 aromatic rings. The molecule has 3 heteroatoms. The molecule has 0 amide bonds. The molecular formula is C14H21N3. The average molecular weight is 231 g/mol. The first kappa shape index (κ1) is 12.1. The molecule has 0 saturated heterocycles. The van der Waals surface area contributed by atoms with Gasteiger partial charge in [0.25, 0.3) is 0 Å². The van der Waals surface area contributed by atoms with Crippen LogP contribution in [0.3, 0.4) is 0 Å². The van der Waals surface area contributed by atoms with Crippen LogP contribution in [0.2, 0.25) is 0 Å². The smallest absolute Gasteiger partial charge is 0.129 e. The molecule has 1 N–H and O–H groups in total. The van der Waals surface area contributed by atoms with Crippen LogP contribution in [0.4, 0.5) is 5.82 Å². The van der Waals surface area contributed by atoms with Crippen molar-refractivity contribution in [3.05, 3.63) is 29.7 Å². The van der Waals surface area contributed by atoms with Crippen LogP contribution in [0.15, 0.2) is 24.0 Å². The second-order valence-electron chi connectivity index (χ2n) is 4.53. The summed E-state index contributed by atoms with van der Waals surface area (Å²) in [4.78, 5) is 8.42. The van der Waals surface area contributed by atoms with E-state index in [4.69, 9.17) is 0 Å². The highest BCUT2D eigenvalue weighted by molar-refractivity contribution is 5.34. The standard InChI is InChI=1S/C14H21N3/c1-2-13-10-14(17-11-16-13)15-9-8-12-6-4-3-5-7-12/h6,10-11H,2-5,7-9H2,1H3,(H,15,16,17). The van der Waals surface area contributed by atoms with Crippen molar-refractivity contribution in [3.8, 4) is 0 Å². The van der Waals surface area contributed by atoms with E-state index in [1.165, 1.54) is 25.7 Å². The first-order valence-corrected chi connectivity index (χ1v) is 6.61. The van der Waals surface area contributed by atoms with Gasteiger partial charge in [-0.05, 0) is 38.5 Å². The minimum Gasteiger partial charge on any atom is -0.370 e. The summed E-state index contributed by atoms with van der Waals surface area (Å²) in [6.45, 7) is 3.09. The molecule has 0 bridgehead atoms. The lowest BCUT2D eigenvalue weighted by molar-refractivity contribution is 0.679. The Kier molecular flexibility index (Phi) is 4.54. The first-order valence-electron chi connectivity index (χ1n) is 6.61. The van der Waals surface area contributed by atoms with Crippen LogP contribution in [0.5, 0.6) is 0 Å². The minimum atomic E-state index is 0.952. The van der Waals surface area contributed by atoms with Crippen molar-refractivity contribution in [2.45, 2.75) is 45.4 Å².